The molecule has 1 N–H and O–H groups in total. The summed E-state index contributed by atoms with van der Waals surface area (Å²) >= 11 is 0. The van der Waals surface area contributed by atoms with E-state index in [0.29, 0.717) is 23.7 Å². The fourth-order valence-corrected chi connectivity index (χ4v) is 2.60. The van der Waals surface area contributed by atoms with Crippen LogP contribution in [-0.2, 0) is 6.54 Å². The van der Waals surface area contributed by atoms with Gasteiger partial charge in [-0.05, 0) is 29.8 Å². The summed E-state index contributed by atoms with van der Waals surface area (Å²) < 4.78 is 19.9. The number of carbonyl (C=O) groups is 1. The summed E-state index contributed by atoms with van der Waals surface area (Å²) in [7, 11) is 0. The minimum atomic E-state index is -0.433. The van der Waals surface area contributed by atoms with Crippen molar-refractivity contribution in [2.24, 2.45) is 0 Å². The molecule has 1 amide bonds. The van der Waals surface area contributed by atoms with Crippen molar-refractivity contribution >= 4 is 11.7 Å². The molecule has 0 fully saturated rings. The van der Waals surface area contributed by atoms with Crippen LogP contribution >= 0.6 is 0 Å². The van der Waals surface area contributed by atoms with Crippen LogP contribution in [0.3, 0.4) is 0 Å². The molecule has 7 heteroatoms. The first-order valence-electron chi connectivity index (χ1n) is 8.29. The Labute approximate surface area is 154 Å². The highest BCUT2D eigenvalue weighted by Gasteiger charge is 2.15. The van der Waals surface area contributed by atoms with E-state index in [9.17, 15) is 9.18 Å². The zero-order chi connectivity index (χ0) is 18.6. The number of amides is 1. The molecule has 0 aliphatic heterocycles. The number of hydrogen-bond acceptors (Lipinski definition) is 4. The van der Waals surface area contributed by atoms with Crippen LogP contribution in [0.1, 0.15) is 16.1 Å². The molecular weight excluding hydrogens is 347 g/mol. The Balaban J connectivity index is 1.43. The lowest BCUT2D eigenvalue weighted by Crippen LogP contribution is -2.13. The molecule has 0 aliphatic carbocycles. The summed E-state index contributed by atoms with van der Waals surface area (Å²) in [4.78, 5) is 12.3. The normalized spacial score (nSPS) is 10.7. The standard InChI is InChI=1S/C20H15FN4O2/c21-16-8-6-15(7-9-16)18-12-17(24-27-18)20(26)22-19-10-11-25(23-19)13-14-4-2-1-3-5-14/h1-12H,13H2,(H,22,23,26). The fourth-order valence-electron chi connectivity index (χ4n) is 2.60. The quantitative estimate of drug-likeness (QED) is 0.583. The van der Waals surface area contributed by atoms with Crippen molar-refractivity contribution in [1.29, 1.82) is 0 Å². The predicted octanol–water partition coefficient (Wildman–Crippen LogP) is 3.98. The lowest BCUT2D eigenvalue weighted by atomic mass is 10.1. The Hall–Kier alpha value is -3.74. The van der Waals surface area contributed by atoms with Crippen molar-refractivity contribution in [3.05, 3.63) is 90.0 Å². The van der Waals surface area contributed by atoms with Crippen molar-refractivity contribution in [3.63, 3.8) is 0 Å². The van der Waals surface area contributed by atoms with Gasteiger partial charge in [-0.25, -0.2) is 4.39 Å². The predicted molar refractivity (Wildman–Crippen MR) is 97.6 cm³/mol. The number of nitrogens with zero attached hydrogens (tertiary/aromatic N) is 3. The molecule has 2 aromatic carbocycles. The van der Waals surface area contributed by atoms with Gasteiger partial charge in [0, 0.05) is 23.9 Å². The van der Waals surface area contributed by atoms with E-state index in [2.05, 4.69) is 15.6 Å². The van der Waals surface area contributed by atoms with E-state index in [1.807, 2.05) is 30.3 Å². The van der Waals surface area contributed by atoms with Gasteiger partial charge in [-0.2, -0.15) is 5.10 Å². The van der Waals surface area contributed by atoms with Crippen LogP contribution in [0.15, 0.2) is 77.4 Å². The topological polar surface area (TPSA) is 73.0 Å². The molecule has 4 rings (SSSR count). The number of aromatic nitrogens is 3. The summed E-state index contributed by atoms with van der Waals surface area (Å²) in [5.74, 6) is 0.0245. The molecule has 0 saturated carbocycles. The molecule has 0 saturated heterocycles. The summed E-state index contributed by atoms with van der Waals surface area (Å²) in [5.41, 5.74) is 1.86. The minimum Gasteiger partial charge on any atom is -0.355 e. The maximum absolute atomic E-state index is 13.0. The van der Waals surface area contributed by atoms with Gasteiger partial charge in [0.1, 0.15) is 5.82 Å². The fraction of sp³-hybridized carbons (Fsp3) is 0.0500. The molecular formula is C20H15FN4O2. The van der Waals surface area contributed by atoms with Gasteiger partial charge in [0.05, 0.1) is 6.54 Å². The number of hydrogen-bond donors (Lipinski definition) is 1. The lowest BCUT2D eigenvalue weighted by molar-refractivity contribution is 0.101. The smallest absolute Gasteiger partial charge is 0.279 e. The van der Waals surface area contributed by atoms with Crippen LogP contribution in [0.4, 0.5) is 10.2 Å². The molecule has 134 valence electrons. The highest BCUT2D eigenvalue weighted by atomic mass is 19.1. The second kappa shape index (κ2) is 7.25. The molecule has 0 unspecified atom stereocenters. The molecule has 4 aromatic rings. The molecule has 0 radical (unpaired) electrons. The van der Waals surface area contributed by atoms with E-state index in [-0.39, 0.29) is 11.5 Å². The Bertz CT molecular complexity index is 1060. The van der Waals surface area contributed by atoms with Gasteiger partial charge in [0.25, 0.3) is 5.91 Å². The van der Waals surface area contributed by atoms with Gasteiger partial charge >= 0.3 is 0 Å². The highest BCUT2D eigenvalue weighted by Crippen LogP contribution is 2.21. The minimum absolute atomic E-state index is 0.118. The second-order valence-electron chi connectivity index (χ2n) is 5.92. The third-order valence-corrected chi connectivity index (χ3v) is 3.94. The van der Waals surface area contributed by atoms with Gasteiger partial charge in [-0.3, -0.25) is 9.48 Å². The zero-order valence-electron chi connectivity index (χ0n) is 14.2. The number of halogens is 1. The molecule has 27 heavy (non-hydrogen) atoms. The number of anilines is 1. The molecule has 2 heterocycles. The van der Waals surface area contributed by atoms with E-state index < -0.39 is 5.91 Å². The van der Waals surface area contributed by atoms with Crippen molar-refractivity contribution in [2.75, 3.05) is 5.32 Å². The molecule has 2 aromatic heterocycles. The van der Waals surface area contributed by atoms with Crippen molar-refractivity contribution < 1.29 is 13.7 Å². The van der Waals surface area contributed by atoms with E-state index in [1.54, 1.807) is 29.1 Å². The largest absolute Gasteiger partial charge is 0.355 e. The van der Waals surface area contributed by atoms with Gasteiger partial charge in [-0.15, -0.1) is 0 Å². The Kier molecular flexibility index (Phi) is 4.49. The Morgan fingerprint density at radius 3 is 2.63 bits per heavy atom. The molecule has 6 nitrogen and oxygen atoms in total. The number of nitrogens with one attached hydrogen (secondary N) is 1. The maximum Gasteiger partial charge on any atom is 0.279 e. The summed E-state index contributed by atoms with van der Waals surface area (Å²) in [5, 5.41) is 10.8. The van der Waals surface area contributed by atoms with Crippen LogP contribution in [0.25, 0.3) is 11.3 Å². The van der Waals surface area contributed by atoms with Crippen molar-refractivity contribution in [3.8, 4) is 11.3 Å². The van der Waals surface area contributed by atoms with E-state index in [1.165, 1.54) is 18.2 Å². The SMILES string of the molecule is O=C(Nc1ccn(Cc2ccccc2)n1)c1cc(-c2ccc(F)cc2)on1. The van der Waals surface area contributed by atoms with Gasteiger partial charge < -0.3 is 9.84 Å². The Morgan fingerprint density at radius 1 is 1.07 bits per heavy atom. The molecule has 0 aliphatic rings. The summed E-state index contributed by atoms with van der Waals surface area (Å²) in [6, 6.07) is 18.9. The average Bonchev–Trinajstić information content (AvgIpc) is 3.33. The molecule has 0 bridgehead atoms. The monoisotopic (exact) mass is 362 g/mol. The van der Waals surface area contributed by atoms with E-state index in [4.69, 9.17) is 4.52 Å². The average molecular weight is 362 g/mol. The van der Waals surface area contributed by atoms with Gasteiger partial charge in [0.15, 0.2) is 17.3 Å². The van der Waals surface area contributed by atoms with Gasteiger partial charge in [-0.1, -0.05) is 35.5 Å². The van der Waals surface area contributed by atoms with E-state index >= 15 is 0 Å². The van der Waals surface area contributed by atoms with Crippen LogP contribution in [0.2, 0.25) is 0 Å². The first-order chi connectivity index (χ1) is 13.2. The highest BCUT2D eigenvalue weighted by molar-refractivity contribution is 6.02. The zero-order valence-corrected chi connectivity index (χ0v) is 14.2. The third kappa shape index (κ3) is 3.92. The van der Waals surface area contributed by atoms with Gasteiger partial charge in [0.2, 0.25) is 0 Å². The third-order valence-electron chi connectivity index (χ3n) is 3.94. The van der Waals surface area contributed by atoms with Crippen LogP contribution in [0.5, 0.6) is 0 Å². The summed E-state index contributed by atoms with van der Waals surface area (Å²) in [6.07, 6.45) is 1.79. The summed E-state index contributed by atoms with van der Waals surface area (Å²) in [6.45, 7) is 0.607. The molecule has 0 atom stereocenters. The maximum atomic E-state index is 13.0. The second-order valence-corrected chi connectivity index (χ2v) is 5.92. The lowest BCUT2D eigenvalue weighted by Gasteiger charge is -2.01. The number of benzene rings is 2. The first kappa shape index (κ1) is 16.7. The number of rotatable bonds is 5. The van der Waals surface area contributed by atoms with Crippen molar-refractivity contribution in [2.45, 2.75) is 6.54 Å². The Morgan fingerprint density at radius 2 is 1.85 bits per heavy atom. The van der Waals surface area contributed by atoms with Crippen LogP contribution in [-0.4, -0.2) is 20.8 Å². The van der Waals surface area contributed by atoms with Crippen molar-refractivity contribution in [1.82, 2.24) is 14.9 Å². The molecule has 0 spiro atoms. The first-order valence-corrected chi connectivity index (χ1v) is 8.29. The van der Waals surface area contributed by atoms with E-state index in [0.717, 1.165) is 5.56 Å². The number of carbonyl (C=O) groups excluding carboxylic acids is 1. The van der Waals surface area contributed by atoms with Crippen LogP contribution < -0.4 is 5.32 Å². The van der Waals surface area contributed by atoms with Crippen LogP contribution in [0, 0.1) is 5.82 Å².